The Balaban J connectivity index is 2.23. The molecule has 2 atom stereocenters. The van der Waals surface area contributed by atoms with E-state index in [2.05, 4.69) is 19.2 Å². The van der Waals surface area contributed by atoms with Gasteiger partial charge in [-0.1, -0.05) is 32.4 Å². The Morgan fingerprint density at radius 3 is 2.58 bits per heavy atom. The molecular formula is C18H25ClN2O2S. The predicted molar refractivity (Wildman–Crippen MR) is 100 cm³/mol. The van der Waals surface area contributed by atoms with E-state index in [0.29, 0.717) is 28.8 Å². The fourth-order valence-corrected chi connectivity index (χ4v) is 4.50. The van der Waals surface area contributed by atoms with Crippen molar-refractivity contribution in [2.24, 2.45) is 5.92 Å². The van der Waals surface area contributed by atoms with Crippen LogP contribution >= 0.6 is 23.4 Å². The molecular weight excluding hydrogens is 344 g/mol. The summed E-state index contributed by atoms with van der Waals surface area (Å²) in [6.07, 6.45) is 1.76. The van der Waals surface area contributed by atoms with E-state index < -0.39 is 6.04 Å². The number of amides is 2. The highest BCUT2D eigenvalue weighted by Gasteiger charge is 2.41. The van der Waals surface area contributed by atoms with Crippen LogP contribution in [0.4, 0.5) is 0 Å². The summed E-state index contributed by atoms with van der Waals surface area (Å²) in [6, 6.07) is 6.46. The summed E-state index contributed by atoms with van der Waals surface area (Å²) in [5.74, 6) is 0.948. The maximum Gasteiger partial charge on any atom is 0.255 e. The first-order valence-corrected chi connectivity index (χ1v) is 9.84. The fourth-order valence-electron chi connectivity index (χ4n) is 2.73. The fraction of sp³-hybridized carbons (Fsp3) is 0.556. The van der Waals surface area contributed by atoms with Crippen LogP contribution in [-0.4, -0.2) is 40.4 Å². The van der Waals surface area contributed by atoms with E-state index in [1.54, 1.807) is 40.9 Å². The van der Waals surface area contributed by atoms with Gasteiger partial charge in [-0.3, -0.25) is 9.59 Å². The van der Waals surface area contributed by atoms with Crippen molar-refractivity contribution in [3.8, 4) is 0 Å². The number of hydrogen-bond acceptors (Lipinski definition) is 3. The van der Waals surface area contributed by atoms with Crippen LogP contribution in [0.15, 0.2) is 24.3 Å². The Bertz CT molecular complexity index is 577. The molecule has 1 aliphatic rings. The largest absolute Gasteiger partial charge is 0.354 e. The number of rotatable bonds is 6. The molecule has 2 unspecified atom stereocenters. The van der Waals surface area contributed by atoms with Crippen molar-refractivity contribution in [1.82, 2.24) is 10.2 Å². The van der Waals surface area contributed by atoms with Crippen molar-refractivity contribution >= 4 is 35.2 Å². The molecule has 0 aliphatic carbocycles. The molecule has 1 aromatic rings. The molecule has 2 rings (SSSR count). The molecule has 2 amide bonds. The second kappa shape index (κ2) is 8.77. The molecule has 6 heteroatoms. The Morgan fingerprint density at radius 2 is 2.00 bits per heavy atom. The van der Waals surface area contributed by atoms with E-state index in [0.717, 1.165) is 12.8 Å². The van der Waals surface area contributed by atoms with Gasteiger partial charge in [0.05, 0.1) is 5.37 Å². The smallest absolute Gasteiger partial charge is 0.255 e. The highest BCUT2D eigenvalue weighted by Crippen LogP contribution is 2.34. The molecule has 1 aromatic carbocycles. The molecule has 1 heterocycles. The van der Waals surface area contributed by atoms with Gasteiger partial charge >= 0.3 is 0 Å². The first-order chi connectivity index (χ1) is 11.4. The minimum absolute atomic E-state index is 0.0329. The standard InChI is InChI=1S/C18H25ClN2O2S/c1-4-9-20-17(22)15-11-24-16(10-12(2)3)21(15)18(23)13-5-7-14(19)8-6-13/h5-8,12,15-16H,4,9-11H2,1-3H3,(H,20,22). The van der Waals surface area contributed by atoms with E-state index in [1.165, 1.54) is 0 Å². The van der Waals surface area contributed by atoms with Crippen molar-refractivity contribution in [1.29, 1.82) is 0 Å². The topological polar surface area (TPSA) is 49.4 Å². The van der Waals surface area contributed by atoms with Crippen LogP contribution in [0.1, 0.15) is 44.0 Å². The van der Waals surface area contributed by atoms with Crippen LogP contribution in [0.2, 0.25) is 5.02 Å². The summed E-state index contributed by atoms with van der Waals surface area (Å²) >= 11 is 7.61. The lowest BCUT2D eigenvalue weighted by Crippen LogP contribution is -2.50. The Kier molecular flexibility index (Phi) is 6.99. The van der Waals surface area contributed by atoms with Crippen LogP contribution in [0, 0.1) is 5.92 Å². The number of carbonyl (C=O) groups excluding carboxylic acids is 2. The van der Waals surface area contributed by atoms with Gasteiger partial charge in [-0.2, -0.15) is 0 Å². The van der Waals surface area contributed by atoms with Crippen molar-refractivity contribution in [2.75, 3.05) is 12.3 Å². The Morgan fingerprint density at radius 1 is 1.33 bits per heavy atom. The summed E-state index contributed by atoms with van der Waals surface area (Å²) in [5.41, 5.74) is 0.573. The summed E-state index contributed by atoms with van der Waals surface area (Å²) in [7, 11) is 0. The third kappa shape index (κ3) is 4.67. The summed E-state index contributed by atoms with van der Waals surface area (Å²) in [6.45, 7) is 6.92. The Labute approximate surface area is 153 Å². The van der Waals surface area contributed by atoms with Crippen LogP contribution in [-0.2, 0) is 4.79 Å². The molecule has 1 aliphatic heterocycles. The van der Waals surface area contributed by atoms with Gasteiger partial charge < -0.3 is 10.2 Å². The van der Waals surface area contributed by atoms with Crippen molar-refractivity contribution in [3.63, 3.8) is 0 Å². The first kappa shape index (κ1) is 19.1. The molecule has 0 radical (unpaired) electrons. The zero-order valence-corrected chi connectivity index (χ0v) is 16.0. The van der Waals surface area contributed by atoms with Crippen molar-refractivity contribution in [2.45, 2.75) is 45.0 Å². The lowest BCUT2D eigenvalue weighted by molar-refractivity contribution is -0.124. The number of nitrogens with one attached hydrogen (secondary N) is 1. The van der Waals surface area contributed by atoms with Crippen molar-refractivity contribution in [3.05, 3.63) is 34.9 Å². The van der Waals surface area contributed by atoms with Gasteiger partial charge in [0.15, 0.2) is 0 Å². The number of carbonyl (C=O) groups is 2. The maximum absolute atomic E-state index is 13.0. The minimum Gasteiger partial charge on any atom is -0.354 e. The van der Waals surface area contributed by atoms with Crippen LogP contribution in [0.5, 0.6) is 0 Å². The molecule has 4 nitrogen and oxygen atoms in total. The second-order valence-corrected chi connectivity index (χ2v) is 8.09. The molecule has 0 saturated carbocycles. The monoisotopic (exact) mass is 368 g/mol. The molecule has 24 heavy (non-hydrogen) atoms. The molecule has 0 spiro atoms. The Hall–Kier alpha value is -1.20. The van der Waals surface area contributed by atoms with Crippen LogP contribution < -0.4 is 5.32 Å². The third-order valence-corrected chi connectivity index (χ3v) is 5.51. The third-order valence-electron chi connectivity index (χ3n) is 3.94. The number of benzene rings is 1. The van der Waals surface area contributed by atoms with Crippen LogP contribution in [0.25, 0.3) is 0 Å². The molecule has 132 valence electrons. The van der Waals surface area contributed by atoms with E-state index in [9.17, 15) is 9.59 Å². The minimum atomic E-state index is -0.409. The number of hydrogen-bond donors (Lipinski definition) is 1. The summed E-state index contributed by atoms with van der Waals surface area (Å²) < 4.78 is 0. The SMILES string of the molecule is CCCNC(=O)C1CSC(CC(C)C)N1C(=O)c1ccc(Cl)cc1. The molecule has 1 saturated heterocycles. The van der Waals surface area contributed by atoms with Gasteiger partial charge in [-0.25, -0.2) is 0 Å². The summed E-state index contributed by atoms with van der Waals surface area (Å²) in [5, 5.41) is 3.55. The molecule has 0 aromatic heterocycles. The van der Waals surface area contributed by atoms with E-state index >= 15 is 0 Å². The zero-order valence-electron chi connectivity index (χ0n) is 14.4. The van der Waals surface area contributed by atoms with Gasteiger partial charge in [0.1, 0.15) is 6.04 Å². The lowest BCUT2D eigenvalue weighted by Gasteiger charge is -2.30. The maximum atomic E-state index is 13.0. The average molecular weight is 369 g/mol. The second-order valence-electron chi connectivity index (χ2n) is 6.44. The summed E-state index contributed by atoms with van der Waals surface area (Å²) in [4.78, 5) is 27.3. The first-order valence-electron chi connectivity index (χ1n) is 8.41. The van der Waals surface area contributed by atoms with Gasteiger partial charge in [0.2, 0.25) is 5.91 Å². The number of nitrogens with zero attached hydrogens (tertiary/aromatic N) is 1. The van der Waals surface area contributed by atoms with Crippen LogP contribution in [0.3, 0.4) is 0 Å². The highest BCUT2D eigenvalue weighted by atomic mass is 35.5. The van der Waals surface area contributed by atoms with Gasteiger partial charge in [0, 0.05) is 22.9 Å². The quantitative estimate of drug-likeness (QED) is 0.830. The lowest BCUT2D eigenvalue weighted by atomic mass is 10.1. The molecule has 1 fully saturated rings. The normalized spacial score (nSPS) is 20.5. The highest BCUT2D eigenvalue weighted by molar-refractivity contribution is 8.00. The average Bonchev–Trinajstić information content (AvgIpc) is 2.95. The van der Waals surface area contributed by atoms with E-state index in [1.807, 2.05) is 6.92 Å². The van der Waals surface area contributed by atoms with E-state index in [4.69, 9.17) is 11.6 Å². The van der Waals surface area contributed by atoms with Gasteiger partial charge in [-0.05, 0) is 43.0 Å². The molecule has 0 bridgehead atoms. The van der Waals surface area contributed by atoms with Gasteiger partial charge in [0.25, 0.3) is 5.91 Å². The van der Waals surface area contributed by atoms with Crippen molar-refractivity contribution < 1.29 is 9.59 Å². The predicted octanol–water partition coefficient (Wildman–Crippen LogP) is 3.80. The van der Waals surface area contributed by atoms with Gasteiger partial charge in [-0.15, -0.1) is 11.8 Å². The zero-order chi connectivity index (χ0) is 17.7. The van der Waals surface area contributed by atoms with E-state index in [-0.39, 0.29) is 17.2 Å². The molecule has 1 N–H and O–H groups in total. The number of thioether (sulfide) groups is 1. The number of halogens is 1.